The minimum atomic E-state index is -0.394. The molecule has 1 aliphatic heterocycles. The zero-order chi connectivity index (χ0) is 17.5. The Morgan fingerprint density at radius 2 is 1.92 bits per heavy atom. The Kier molecular flexibility index (Phi) is 4.17. The number of halogens is 1. The molecule has 3 rings (SSSR count). The molecule has 0 aliphatic carbocycles. The number of carbonyl (C=O) groups is 1. The fraction of sp³-hybridized carbons (Fsp3) is 0.278. The zero-order valence-corrected chi connectivity index (χ0v) is 15.0. The first-order valence-electron chi connectivity index (χ1n) is 7.66. The van der Waals surface area contributed by atoms with Crippen LogP contribution in [0.5, 0.6) is 0 Å². The van der Waals surface area contributed by atoms with E-state index in [4.69, 9.17) is 0 Å². The predicted octanol–water partition coefficient (Wildman–Crippen LogP) is 4.42. The van der Waals surface area contributed by atoms with Gasteiger partial charge in [0, 0.05) is 41.2 Å². The van der Waals surface area contributed by atoms with E-state index in [0.717, 1.165) is 21.3 Å². The molecule has 1 amide bonds. The first-order valence-corrected chi connectivity index (χ1v) is 8.45. The van der Waals surface area contributed by atoms with Gasteiger partial charge >= 0.3 is 0 Å². The molecular formula is C18H17BrN2O3. The molecule has 5 nitrogen and oxygen atoms in total. The number of hydrogen-bond donors (Lipinski definition) is 0. The molecule has 0 aromatic heterocycles. The average molecular weight is 389 g/mol. The van der Waals surface area contributed by atoms with Crippen molar-refractivity contribution in [3.05, 3.63) is 68.2 Å². The SMILES string of the molecule is CC(=O)N1CCC(C)(c2ccc(Br)cc2)c2cc([N+](=O)[O-])ccc21. The molecule has 1 unspecified atom stereocenters. The van der Waals surface area contributed by atoms with Crippen molar-refractivity contribution in [3.63, 3.8) is 0 Å². The van der Waals surface area contributed by atoms with Gasteiger partial charge in [0.05, 0.1) is 4.92 Å². The highest BCUT2D eigenvalue weighted by molar-refractivity contribution is 9.10. The van der Waals surface area contributed by atoms with Gasteiger partial charge in [-0.25, -0.2) is 0 Å². The van der Waals surface area contributed by atoms with Gasteiger partial charge in [0.2, 0.25) is 5.91 Å². The third-order valence-corrected chi connectivity index (χ3v) is 5.30. The van der Waals surface area contributed by atoms with Crippen molar-refractivity contribution in [1.82, 2.24) is 0 Å². The summed E-state index contributed by atoms with van der Waals surface area (Å²) in [6, 6.07) is 12.7. The molecule has 124 valence electrons. The maximum absolute atomic E-state index is 12.0. The summed E-state index contributed by atoms with van der Waals surface area (Å²) in [5.74, 6) is -0.0528. The molecule has 1 atom stereocenters. The van der Waals surface area contributed by atoms with E-state index in [0.29, 0.717) is 13.0 Å². The van der Waals surface area contributed by atoms with E-state index in [1.54, 1.807) is 17.0 Å². The Morgan fingerprint density at radius 1 is 1.25 bits per heavy atom. The fourth-order valence-corrected chi connectivity index (χ4v) is 3.61. The van der Waals surface area contributed by atoms with E-state index in [-0.39, 0.29) is 17.0 Å². The number of non-ortho nitro benzene ring substituents is 1. The third-order valence-electron chi connectivity index (χ3n) is 4.77. The summed E-state index contributed by atoms with van der Waals surface area (Å²) in [5.41, 5.74) is 2.32. The Bertz CT molecular complexity index is 820. The number of rotatable bonds is 2. The van der Waals surface area contributed by atoms with Crippen LogP contribution < -0.4 is 4.90 Å². The van der Waals surface area contributed by atoms with Crippen molar-refractivity contribution in [2.75, 3.05) is 11.4 Å². The molecule has 0 bridgehead atoms. The number of amides is 1. The molecule has 0 saturated carbocycles. The second kappa shape index (κ2) is 6.02. The topological polar surface area (TPSA) is 63.5 Å². The summed E-state index contributed by atoms with van der Waals surface area (Å²) < 4.78 is 0.982. The molecule has 6 heteroatoms. The Hall–Kier alpha value is -2.21. The molecule has 0 saturated heterocycles. The van der Waals surface area contributed by atoms with Gasteiger partial charge in [-0.05, 0) is 35.7 Å². The number of carbonyl (C=O) groups excluding carboxylic acids is 1. The lowest BCUT2D eigenvalue weighted by Crippen LogP contribution is -2.41. The number of fused-ring (bicyclic) bond motifs is 1. The van der Waals surface area contributed by atoms with Gasteiger partial charge in [-0.2, -0.15) is 0 Å². The van der Waals surface area contributed by atoms with Crippen LogP contribution in [0.1, 0.15) is 31.4 Å². The largest absolute Gasteiger partial charge is 0.312 e. The normalized spacial score (nSPS) is 19.7. The minimum absolute atomic E-state index is 0.0440. The van der Waals surface area contributed by atoms with E-state index >= 15 is 0 Å². The molecule has 0 spiro atoms. The van der Waals surface area contributed by atoms with Crippen molar-refractivity contribution in [2.45, 2.75) is 25.7 Å². The van der Waals surface area contributed by atoms with Crippen molar-refractivity contribution < 1.29 is 9.72 Å². The van der Waals surface area contributed by atoms with Gasteiger partial charge in [-0.1, -0.05) is 35.0 Å². The van der Waals surface area contributed by atoms with Crippen LogP contribution in [-0.4, -0.2) is 17.4 Å². The molecular weight excluding hydrogens is 372 g/mol. The third kappa shape index (κ3) is 2.71. The highest BCUT2D eigenvalue weighted by Crippen LogP contribution is 2.45. The summed E-state index contributed by atoms with van der Waals surface area (Å²) in [4.78, 5) is 24.5. The van der Waals surface area contributed by atoms with Crippen LogP contribution in [0.3, 0.4) is 0 Å². The second-order valence-corrected chi connectivity index (χ2v) is 7.13. The summed E-state index contributed by atoms with van der Waals surface area (Å²) in [6.45, 7) is 4.19. The van der Waals surface area contributed by atoms with Gasteiger partial charge in [-0.3, -0.25) is 14.9 Å². The summed E-state index contributed by atoms with van der Waals surface area (Å²) in [7, 11) is 0. The highest BCUT2D eigenvalue weighted by atomic mass is 79.9. The predicted molar refractivity (Wildman–Crippen MR) is 96.3 cm³/mol. The lowest BCUT2D eigenvalue weighted by Gasteiger charge is -2.41. The Morgan fingerprint density at radius 3 is 2.50 bits per heavy atom. The number of anilines is 1. The molecule has 2 aromatic carbocycles. The summed E-state index contributed by atoms with van der Waals surface area (Å²) in [6.07, 6.45) is 0.711. The van der Waals surface area contributed by atoms with Gasteiger partial charge in [-0.15, -0.1) is 0 Å². The maximum atomic E-state index is 12.0. The molecule has 0 fully saturated rings. The zero-order valence-electron chi connectivity index (χ0n) is 13.5. The van der Waals surface area contributed by atoms with Gasteiger partial charge in [0.1, 0.15) is 0 Å². The molecule has 1 heterocycles. The van der Waals surface area contributed by atoms with E-state index in [2.05, 4.69) is 22.9 Å². The van der Waals surface area contributed by atoms with Crippen LogP contribution in [-0.2, 0) is 10.2 Å². The first kappa shape index (κ1) is 16.6. The maximum Gasteiger partial charge on any atom is 0.269 e. The van der Waals surface area contributed by atoms with Crippen molar-refractivity contribution in [1.29, 1.82) is 0 Å². The van der Waals surface area contributed by atoms with Crippen LogP contribution >= 0.6 is 15.9 Å². The van der Waals surface area contributed by atoms with Crippen molar-refractivity contribution in [2.24, 2.45) is 0 Å². The van der Waals surface area contributed by atoms with Crippen LogP contribution in [0, 0.1) is 10.1 Å². The molecule has 24 heavy (non-hydrogen) atoms. The van der Waals surface area contributed by atoms with Crippen LogP contribution in [0.25, 0.3) is 0 Å². The average Bonchev–Trinajstić information content (AvgIpc) is 2.55. The molecule has 1 aliphatic rings. The number of benzene rings is 2. The Labute approximate surface area is 148 Å². The number of nitrogens with zero attached hydrogens (tertiary/aromatic N) is 2. The van der Waals surface area contributed by atoms with Crippen LogP contribution in [0.4, 0.5) is 11.4 Å². The van der Waals surface area contributed by atoms with Crippen LogP contribution in [0.2, 0.25) is 0 Å². The highest BCUT2D eigenvalue weighted by Gasteiger charge is 2.38. The van der Waals surface area contributed by atoms with Gasteiger partial charge in [0.25, 0.3) is 5.69 Å². The molecule has 0 N–H and O–H groups in total. The second-order valence-electron chi connectivity index (χ2n) is 6.22. The molecule has 2 aromatic rings. The van der Waals surface area contributed by atoms with Crippen molar-refractivity contribution in [3.8, 4) is 0 Å². The number of nitro groups is 1. The van der Waals surface area contributed by atoms with Gasteiger partial charge in [0.15, 0.2) is 0 Å². The Balaban J connectivity index is 2.21. The number of hydrogen-bond acceptors (Lipinski definition) is 3. The van der Waals surface area contributed by atoms with E-state index in [9.17, 15) is 14.9 Å². The van der Waals surface area contributed by atoms with E-state index < -0.39 is 4.92 Å². The van der Waals surface area contributed by atoms with E-state index in [1.807, 2.05) is 24.3 Å². The van der Waals surface area contributed by atoms with Crippen molar-refractivity contribution >= 4 is 33.2 Å². The first-order chi connectivity index (χ1) is 11.3. The molecule has 0 radical (unpaired) electrons. The quantitative estimate of drug-likeness (QED) is 0.564. The lowest BCUT2D eigenvalue weighted by atomic mass is 9.71. The smallest absolute Gasteiger partial charge is 0.269 e. The summed E-state index contributed by atoms with van der Waals surface area (Å²) in [5, 5.41) is 11.2. The standard InChI is InChI=1S/C18H17BrN2O3/c1-12(22)20-10-9-18(2,13-3-5-14(19)6-4-13)16-11-15(21(23)24)7-8-17(16)20/h3-8,11H,9-10H2,1-2H3. The van der Waals surface area contributed by atoms with Gasteiger partial charge < -0.3 is 4.90 Å². The monoisotopic (exact) mass is 388 g/mol. The van der Waals surface area contributed by atoms with E-state index in [1.165, 1.54) is 13.0 Å². The summed E-state index contributed by atoms with van der Waals surface area (Å²) >= 11 is 3.44. The van der Waals surface area contributed by atoms with Crippen LogP contribution in [0.15, 0.2) is 46.9 Å². The minimum Gasteiger partial charge on any atom is -0.312 e. The lowest BCUT2D eigenvalue weighted by molar-refractivity contribution is -0.384. The number of nitro benzene ring substituents is 1. The fourth-order valence-electron chi connectivity index (χ4n) is 3.35.